The highest BCUT2D eigenvalue weighted by molar-refractivity contribution is 5.80. The minimum Gasteiger partial charge on any atom is -0.493 e. The molecule has 1 heterocycles. The van der Waals surface area contributed by atoms with E-state index in [2.05, 4.69) is 10.3 Å². The smallest absolute Gasteiger partial charge is 0.258 e. The molecule has 0 saturated carbocycles. The highest BCUT2D eigenvalue weighted by Crippen LogP contribution is 2.25. The molecule has 0 saturated heterocycles. The van der Waals surface area contributed by atoms with Gasteiger partial charge in [0.05, 0.1) is 7.11 Å². The van der Waals surface area contributed by atoms with Crippen molar-refractivity contribution >= 4 is 16.8 Å². The predicted molar refractivity (Wildman–Crippen MR) is 99.6 cm³/mol. The second kappa shape index (κ2) is 7.74. The summed E-state index contributed by atoms with van der Waals surface area (Å²) in [6.45, 7) is 2.05. The highest BCUT2D eigenvalue weighted by atomic mass is 16.5. The lowest BCUT2D eigenvalue weighted by Gasteiger charge is -2.11. The third-order valence-electron chi connectivity index (χ3n) is 4.01. The monoisotopic (exact) mass is 352 g/mol. The Balaban J connectivity index is 1.60. The highest BCUT2D eigenvalue weighted by Gasteiger charge is 2.07. The van der Waals surface area contributed by atoms with E-state index in [-0.39, 0.29) is 18.1 Å². The third-order valence-corrected chi connectivity index (χ3v) is 4.01. The van der Waals surface area contributed by atoms with E-state index in [1.807, 2.05) is 36.4 Å². The van der Waals surface area contributed by atoms with E-state index < -0.39 is 0 Å². The Morgan fingerprint density at radius 3 is 2.65 bits per heavy atom. The van der Waals surface area contributed by atoms with Gasteiger partial charge in [0, 0.05) is 17.6 Å². The van der Waals surface area contributed by atoms with Gasteiger partial charge in [-0.25, -0.2) is 0 Å². The van der Waals surface area contributed by atoms with E-state index in [0.29, 0.717) is 23.6 Å². The van der Waals surface area contributed by atoms with Crippen LogP contribution in [0.4, 0.5) is 0 Å². The molecule has 2 N–H and O–H groups in total. The van der Waals surface area contributed by atoms with Crippen molar-refractivity contribution in [1.82, 2.24) is 10.3 Å². The fourth-order valence-electron chi connectivity index (χ4n) is 2.61. The molecule has 26 heavy (non-hydrogen) atoms. The second-order valence-corrected chi connectivity index (χ2v) is 5.92. The van der Waals surface area contributed by atoms with Gasteiger partial charge in [-0.05, 0) is 48.2 Å². The molecule has 3 aromatic rings. The standard InChI is InChI=1S/C20H20N2O4/c1-13-9-15-10-14(7-8-16(15)22-20(13)24)11-21-19(23)12-26-18-6-4-3-5-17(18)25-2/h3-10H,11-12H2,1-2H3,(H,21,23)(H,22,24). The van der Waals surface area contributed by atoms with Gasteiger partial charge in [-0.1, -0.05) is 18.2 Å². The van der Waals surface area contributed by atoms with Gasteiger partial charge in [-0.3, -0.25) is 9.59 Å². The summed E-state index contributed by atoms with van der Waals surface area (Å²) in [5.74, 6) is 0.878. The van der Waals surface area contributed by atoms with Crippen LogP contribution < -0.4 is 20.3 Å². The molecule has 3 rings (SSSR count). The van der Waals surface area contributed by atoms with Crippen LogP contribution in [0.15, 0.2) is 53.3 Å². The maximum atomic E-state index is 12.0. The summed E-state index contributed by atoms with van der Waals surface area (Å²) in [6, 6.07) is 14.7. The quantitative estimate of drug-likeness (QED) is 0.714. The molecule has 0 radical (unpaired) electrons. The van der Waals surface area contributed by atoms with Gasteiger partial charge in [0.1, 0.15) is 0 Å². The van der Waals surface area contributed by atoms with Crippen LogP contribution in [0, 0.1) is 6.92 Å². The van der Waals surface area contributed by atoms with E-state index in [0.717, 1.165) is 16.5 Å². The lowest BCUT2D eigenvalue weighted by molar-refractivity contribution is -0.123. The van der Waals surface area contributed by atoms with Crippen molar-refractivity contribution in [3.05, 3.63) is 70.0 Å². The number of carbonyl (C=O) groups excluding carboxylic acids is 1. The minimum atomic E-state index is -0.228. The molecule has 134 valence electrons. The Labute approximate surface area is 150 Å². The zero-order valence-electron chi connectivity index (χ0n) is 14.7. The summed E-state index contributed by atoms with van der Waals surface area (Å²) in [4.78, 5) is 26.5. The summed E-state index contributed by atoms with van der Waals surface area (Å²) in [6.07, 6.45) is 0. The number of aryl methyl sites for hydroxylation is 1. The number of aromatic nitrogens is 1. The van der Waals surface area contributed by atoms with Gasteiger partial charge >= 0.3 is 0 Å². The normalized spacial score (nSPS) is 10.5. The number of nitrogens with one attached hydrogen (secondary N) is 2. The zero-order chi connectivity index (χ0) is 18.5. The van der Waals surface area contributed by atoms with E-state index in [1.165, 1.54) is 0 Å². The molecule has 0 aliphatic rings. The van der Waals surface area contributed by atoms with Crippen LogP contribution in [0.5, 0.6) is 11.5 Å². The van der Waals surface area contributed by atoms with Crippen LogP contribution in [0.25, 0.3) is 10.9 Å². The van der Waals surface area contributed by atoms with E-state index >= 15 is 0 Å². The molecule has 2 aromatic carbocycles. The number of H-pyrrole nitrogens is 1. The zero-order valence-corrected chi connectivity index (χ0v) is 14.7. The molecule has 0 aliphatic carbocycles. The number of hydrogen-bond acceptors (Lipinski definition) is 4. The average Bonchev–Trinajstić information content (AvgIpc) is 2.65. The first-order valence-electron chi connectivity index (χ1n) is 8.22. The number of ether oxygens (including phenoxy) is 2. The first-order valence-corrected chi connectivity index (χ1v) is 8.22. The van der Waals surface area contributed by atoms with Gasteiger partial charge < -0.3 is 19.8 Å². The van der Waals surface area contributed by atoms with Crippen molar-refractivity contribution in [3.8, 4) is 11.5 Å². The average molecular weight is 352 g/mol. The minimum absolute atomic E-state index is 0.0907. The molecule has 0 bridgehead atoms. The predicted octanol–water partition coefficient (Wildman–Crippen LogP) is 2.54. The number of aromatic amines is 1. The number of carbonyl (C=O) groups is 1. The van der Waals surface area contributed by atoms with Gasteiger partial charge in [-0.2, -0.15) is 0 Å². The van der Waals surface area contributed by atoms with Crippen molar-refractivity contribution in [2.24, 2.45) is 0 Å². The number of para-hydroxylation sites is 2. The van der Waals surface area contributed by atoms with Crippen LogP contribution in [-0.2, 0) is 11.3 Å². The van der Waals surface area contributed by atoms with Gasteiger partial charge in [0.15, 0.2) is 18.1 Å². The lowest BCUT2D eigenvalue weighted by atomic mass is 10.1. The number of fused-ring (bicyclic) bond motifs is 1. The summed E-state index contributed by atoms with van der Waals surface area (Å²) in [5.41, 5.74) is 2.28. The number of hydrogen-bond donors (Lipinski definition) is 2. The largest absolute Gasteiger partial charge is 0.493 e. The lowest BCUT2D eigenvalue weighted by Crippen LogP contribution is -2.28. The fourth-order valence-corrected chi connectivity index (χ4v) is 2.61. The van der Waals surface area contributed by atoms with Crippen molar-refractivity contribution in [2.45, 2.75) is 13.5 Å². The van der Waals surface area contributed by atoms with Crippen molar-refractivity contribution in [2.75, 3.05) is 13.7 Å². The van der Waals surface area contributed by atoms with E-state index in [9.17, 15) is 9.59 Å². The van der Waals surface area contributed by atoms with E-state index in [1.54, 1.807) is 26.2 Å². The molecule has 0 atom stereocenters. The van der Waals surface area contributed by atoms with Crippen LogP contribution in [0.2, 0.25) is 0 Å². The fraction of sp³-hybridized carbons (Fsp3) is 0.200. The molecule has 1 amide bonds. The summed E-state index contributed by atoms with van der Waals surface area (Å²) >= 11 is 0. The Morgan fingerprint density at radius 2 is 1.88 bits per heavy atom. The summed E-state index contributed by atoms with van der Waals surface area (Å²) in [5, 5.41) is 3.75. The van der Waals surface area contributed by atoms with Crippen molar-refractivity contribution < 1.29 is 14.3 Å². The van der Waals surface area contributed by atoms with Crippen LogP contribution in [0.3, 0.4) is 0 Å². The summed E-state index contributed by atoms with van der Waals surface area (Å²) < 4.78 is 10.7. The van der Waals surface area contributed by atoms with Crippen LogP contribution in [0.1, 0.15) is 11.1 Å². The molecule has 0 unspecified atom stereocenters. The van der Waals surface area contributed by atoms with Crippen molar-refractivity contribution in [1.29, 1.82) is 0 Å². The Morgan fingerprint density at radius 1 is 1.12 bits per heavy atom. The second-order valence-electron chi connectivity index (χ2n) is 5.92. The Kier molecular flexibility index (Phi) is 5.22. The van der Waals surface area contributed by atoms with Gasteiger partial charge in [0.25, 0.3) is 11.5 Å². The molecule has 0 aliphatic heterocycles. The maximum absolute atomic E-state index is 12.0. The number of rotatable bonds is 6. The first kappa shape index (κ1) is 17.5. The number of methoxy groups -OCH3 is 1. The first-order chi connectivity index (χ1) is 12.6. The van der Waals surface area contributed by atoms with Gasteiger partial charge in [-0.15, -0.1) is 0 Å². The number of amides is 1. The molecule has 1 aromatic heterocycles. The van der Waals surface area contributed by atoms with E-state index in [4.69, 9.17) is 9.47 Å². The molecule has 6 heteroatoms. The Hall–Kier alpha value is -3.28. The number of pyridine rings is 1. The molecule has 0 fully saturated rings. The molecule has 6 nitrogen and oxygen atoms in total. The molecular formula is C20H20N2O4. The Bertz CT molecular complexity index is 995. The number of benzene rings is 2. The van der Waals surface area contributed by atoms with Crippen LogP contribution >= 0.6 is 0 Å². The van der Waals surface area contributed by atoms with Crippen molar-refractivity contribution in [3.63, 3.8) is 0 Å². The summed E-state index contributed by atoms with van der Waals surface area (Å²) in [7, 11) is 1.55. The third kappa shape index (κ3) is 4.03. The SMILES string of the molecule is COc1ccccc1OCC(=O)NCc1ccc2[nH]c(=O)c(C)cc2c1. The van der Waals surface area contributed by atoms with Crippen LogP contribution in [-0.4, -0.2) is 24.6 Å². The maximum Gasteiger partial charge on any atom is 0.258 e. The van der Waals surface area contributed by atoms with Gasteiger partial charge in [0.2, 0.25) is 0 Å². The molecule has 0 spiro atoms. The molecular weight excluding hydrogens is 332 g/mol. The topological polar surface area (TPSA) is 80.4 Å².